The maximum atomic E-state index is 13.3. The van der Waals surface area contributed by atoms with E-state index >= 15 is 0 Å². The second-order valence-corrected chi connectivity index (χ2v) is 9.60. The van der Waals surface area contributed by atoms with Gasteiger partial charge in [-0.3, -0.25) is 0 Å². The number of nitrogens with zero attached hydrogens (tertiary/aromatic N) is 2. The Balaban J connectivity index is 1.85. The van der Waals surface area contributed by atoms with Gasteiger partial charge in [0.2, 0.25) is 10.0 Å². The van der Waals surface area contributed by atoms with Gasteiger partial charge in [-0.25, -0.2) is 8.42 Å². The van der Waals surface area contributed by atoms with Crippen molar-refractivity contribution in [2.75, 3.05) is 38.2 Å². The molecule has 0 radical (unpaired) electrons. The highest BCUT2D eigenvalue weighted by Gasteiger charge is 2.31. The fourth-order valence-electron chi connectivity index (χ4n) is 3.85. The number of hydrogen-bond donors (Lipinski definition) is 0. The first-order valence-corrected chi connectivity index (χ1v) is 11.2. The molecule has 3 rings (SSSR count). The van der Waals surface area contributed by atoms with Gasteiger partial charge < -0.3 is 9.64 Å². The smallest absolute Gasteiger partial charge is 0.246 e. The molecule has 0 unspecified atom stereocenters. The topological polar surface area (TPSA) is 49.9 Å². The summed E-state index contributed by atoms with van der Waals surface area (Å²) in [5, 5.41) is 0. The number of sulfonamides is 1. The van der Waals surface area contributed by atoms with Crippen LogP contribution in [0, 0.1) is 13.8 Å². The largest absolute Gasteiger partial charge is 0.495 e. The van der Waals surface area contributed by atoms with Crippen LogP contribution in [0.2, 0.25) is 0 Å². The molecule has 6 heteroatoms. The summed E-state index contributed by atoms with van der Waals surface area (Å²) in [6, 6.07) is 11.7. The molecule has 1 aliphatic heterocycles. The molecule has 1 heterocycles. The molecule has 1 saturated heterocycles. The Morgan fingerprint density at radius 2 is 1.57 bits per heavy atom. The van der Waals surface area contributed by atoms with E-state index in [2.05, 4.69) is 50.8 Å². The van der Waals surface area contributed by atoms with Crippen LogP contribution in [-0.4, -0.2) is 46.0 Å². The maximum Gasteiger partial charge on any atom is 0.246 e. The highest BCUT2D eigenvalue weighted by Crippen LogP contribution is 2.32. The van der Waals surface area contributed by atoms with Gasteiger partial charge in [0.25, 0.3) is 0 Å². The molecule has 0 N–H and O–H groups in total. The van der Waals surface area contributed by atoms with Gasteiger partial charge in [-0.2, -0.15) is 4.31 Å². The number of hydrogen-bond acceptors (Lipinski definition) is 4. The predicted octanol–water partition coefficient (Wildman–Crippen LogP) is 3.95. The molecule has 1 fully saturated rings. The van der Waals surface area contributed by atoms with Crippen molar-refractivity contribution in [3.05, 3.63) is 53.1 Å². The van der Waals surface area contributed by atoms with E-state index in [1.807, 2.05) is 6.07 Å². The molecule has 2 aromatic carbocycles. The molecule has 0 aliphatic carbocycles. The summed E-state index contributed by atoms with van der Waals surface area (Å²) in [7, 11) is -2.09. The van der Waals surface area contributed by atoms with Gasteiger partial charge >= 0.3 is 0 Å². The molecule has 0 spiro atoms. The Labute approximate surface area is 169 Å². The van der Waals surface area contributed by atoms with Crippen molar-refractivity contribution >= 4 is 15.7 Å². The summed E-state index contributed by atoms with van der Waals surface area (Å²) in [6.45, 7) is 10.6. The van der Waals surface area contributed by atoms with Crippen LogP contribution in [0.1, 0.15) is 36.5 Å². The van der Waals surface area contributed by atoms with Crippen molar-refractivity contribution in [1.29, 1.82) is 0 Å². The first kappa shape index (κ1) is 20.7. The van der Waals surface area contributed by atoms with Crippen molar-refractivity contribution in [3.63, 3.8) is 0 Å². The van der Waals surface area contributed by atoms with E-state index in [1.165, 1.54) is 23.9 Å². The molecule has 28 heavy (non-hydrogen) atoms. The first-order valence-electron chi connectivity index (χ1n) is 9.75. The quantitative estimate of drug-likeness (QED) is 0.760. The number of benzene rings is 2. The van der Waals surface area contributed by atoms with Crippen molar-refractivity contribution < 1.29 is 13.2 Å². The van der Waals surface area contributed by atoms with Crippen LogP contribution in [0.25, 0.3) is 0 Å². The lowest BCUT2D eigenvalue weighted by atomic mass is 10.0. The first-order chi connectivity index (χ1) is 13.3. The lowest BCUT2D eigenvalue weighted by Crippen LogP contribution is -2.49. The Morgan fingerprint density at radius 1 is 0.964 bits per heavy atom. The Hall–Kier alpha value is -2.05. The average molecular weight is 403 g/mol. The SMILES string of the molecule is COc1ccc(C(C)C)cc1S(=O)(=O)N1CCN(c2c(C)cccc2C)CC1. The molecular weight excluding hydrogens is 372 g/mol. The van der Waals surface area contributed by atoms with E-state index in [-0.39, 0.29) is 10.8 Å². The molecule has 0 amide bonds. The normalized spacial score (nSPS) is 15.9. The van der Waals surface area contributed by atoms with Gasteiger partial charge in [0.05, 0.1) is 7.11 Å². The molecule has 152 valence electrons. The van der Waals surface area contributed by atoms with Gasteiger partial charge in [0, 0.05) is 31.9 Å². The second kappa shape index (κ2) is 8.13. The summed E-state index contributed by atoms with van der Waals surface area (Å²) in [4.78, 5) is 2.56. The average Bonchev–Trinajstić information content (AvgIpc) is 2.67. The third-order valence-corrected chi connectivity index (χ3v) is 7.39. The zero-order valence-electron chi connectivity index (χ0n) is 17.4. The number of piperazine rings is 1. The highest BCUT2D eigenvalue weighted by molar-refractivity contribution is 7.89. The molecule has 0 bridgehead atoms. The zero-order valence-corrected chi connectivity index (χ0v) is 18.2. The minimum absolute atomic E-state index is 0.251. The summed E-state index contributed by atoms with van der Waals surface area (Å²) < 4.78 is 33.6. The Kier molecular flexibility index (Phi) is 6.01. The predicted molar refractivity (Wildman–Crippen MR) is 114 cm³/mol. The second-order valence-electron chi connectivity index (χ2n) is 7.70. The number of ether oxygens (including phenoxy) is 1. The van der Waals surface area contributed by atoms with Crippen LogP contribution in [-0.2, 0) is 10.0 Å². The van der Waals surface area contributed by atoms with Crippen LogP contribution in [0.4, 0.5) is 5.69 Å². The molecule has 0 atom stereocenters. The molecular formula is C22H30N2O3S. The summed E-state index contributed by atoms with van der Waals surface area (Å²) >= 11 is 0. The van der Waals surface area contributed by atoms with E-state index in [1.54, 1.807) is 16.4 Å². The number of aryl methyl sites for hydroxylation is 2. The monoisotopic (exact) mass is 402 g/mol. The molecule has 1 aliphatic rings. The number of para-hydroxylation sites is 1. The van der Waals surface area contributed by atoms with Crippen molar-refractivity contribution in [2.45, 2.75) is 38.5 Å². The number of rotatable bonds is 5. The van der Waals surface area contributed by atoms with E-state index in [0.29, 0.717) is 31.9 Å². The van der Waals surface area contributed by atoms with E-state index in [9.17, 15) is 8.42 Å². The molecule has 5 nitrogen and oxygen atoms in total. The van der Waals surface area contributed by atoms with Gasteiger partial charge in [-0.15, -0.1) is 0 Å². The van der Waals surface area contributed by atoms with Crippen LogP contribution < -0.4 is 9.64 Å². The molecule has 0 saturated carbocycles. The number of methoxy groups -OCH3 is 1. The third kappa shape index (κ3) is 3.89. The van der Waals surface area contributed by atoms with E-state index < -0.39 is 10.0 Å². The van der Waals surface area contributed by atoms with Crippen LogP contribution in [0.15, 0.2) is 41.3 Å². The van der Waals surface area contributed by atoms with Crippen molar-refractivity contribution in [3.8, 4) is 5.75 Å². The third-order valence-electron chi connectivity index (χ3n) is 5.47. The van der Waals surface area contributed by atoms with Crippen LogP contribution in [0.5, 0.6) is 5.75 Å². The van der Waals surface area contributed by atoms with Crippen LogP contribution >= 0.6 is 0 Å². The minimum atomic E-state index is -3.61. The van der Waals surface area contributed by atoms with Crippen molar-refractivity contribution in [1.82, 2.24) is 4.31 Å². The standard InChI is InChI=1S/C22H30N2O3S/c1-16(2)19-9-10-20(27-5)21(15-19)28(25,26)24-13-11-23(12-14-24)22-17(3)7-6-8-18(22)4/h6-10,15-16H,11-14H2,1-5H3. The maximum absolute atomic E-state index is 13.3. The fraction of sp³-hybridized carbons (Fsp3) is 0.455. The Bertz CT molecular complexity index is 926. The fourth-order valence-corrected chi connectivity index (χ4v) is 5.46. The Morgan fingerprint density at radius 3 is 2.11 bits per heavy atom. The molecule has 0 aromatic heterocycles. The van der Waals surface area contributed by atoms with E-state index in [4.69, 9.17) is 4.74 Å². The summed E-state index contributed by atoms with van der Waals surface area (Å²) in [5.74, 6) is 0.655. The summed E-state index contributed by atoms with van der Waals surface area (Å²) in [5.41, 5.74) is 4.66. The van der Waals surface area contributed by atoms with Crippen molar-refractivity contribution in [2.24, 2.45) is 0 Å². The lowest BCUT2D eigenvalue weighted by molar-refractivity contribution is 0.374. The number of anilines is 1. The van der Waals surface area contributed by atoms with E-state index in [0.717, 1.165) is 5.56 Å². The van der Waals surface area contributed by atoms with Gasteiger partial charge in [0.15, 0.2) is 0 Å². The van der Waals surface area contributed by atoms with Gasteiger partial charge in [0.1, 0.15) is 10.6 Å². The van der Waals surface area contributed by atoms with Gasteiger partial charge in [-0.05, 0) is 48.6 Å². The zero-order chi connectivity index (χ0) is 20.5. The van der Waals surface area contributed by atoms with Crippen LogP contribution in [0.3, 0.4) is 0 Å². The minimum Gasteiger partial charge on any atom is -0.495 e. The summed E-state index contributed by atoms with van der Waals surface area (Å²) in [6.07, 6.45) is 0. The van der Waals surface area contributed by atoms with Gasteiger partial charge in [-0.1, -0.05) is 38.1 Å². The molecule has 2 aromatic rings. The highest BCUT2D eigenvalue weighted by atomic mass is 32.2. The lowest BCUT2D eigenvalue weighted by Gasteiger charge is -2.37.